The maximum absolute atomic E-state index is 12.5. The third kappa shape index (κ3) is 3.36. The van der Waals surface area contributed by atoms with Crippen LogP contribution in [-0.2, 0) is 10.0 Å². The summed E-state index contributed by atoms with van der Waals surface area (Å²) < 4.78 is 62.7. The Labute approximate surface area is 105 Å². The van der Waals surface area contributed by atoms with Crippen LogP contribution in [-0.4, -0.2) is 43.8 Å². The van der Waals surface area contributed by atoms with Crippen molar-refractivity contribution >= 4 is 10.0 Å². The van der Waals surface area contributed by atoms with Crippen molar-refractivity contribution in [3.8, 4) is 0 Å². The summed E-state index contributed by atoms with van der Waals surface area (Å²) in [6, 6.07) is 0. The molecule has 1 fully saturated rings. The minimum atomic E-state index is -4.23. The minimum absolute atomic E-state index is 0.00195. The highest BCUT2D eigenvalue weighted by molar-refractivity contribution is 7.89. The van der Waals surface area contributed by atoms with Crippen LogP contribution in [0.4, 0.5) is 13.2 Å². The minimum Gasteiger partial charge on any atom is -0.329 e. The molecule has 0 aliphatic carbocycles. The smallest absolute Gasteiger partial charge is 0.329 e. The van der Waals surface area contributed by atoms with Crippen LogP contribution in [0.3, 0.4) is 0 Å². The number of hydrogen-bond donors (Lipinski definition) is 1. The lowest BCUT2D eigenvalue weighted by atomic mass is 9.98. The van der Waals surface area contributed by atoms with Crippen LogP contribution in [0.5, 0.6) is 0 Å². The molecule has 1 aliphatic heterocycles. The van der Waals surface area contributed by atoms with Crippen molar-refractivity contribution in [2.45, 2.75) is 37.6 Å². The van der Waals surface area contributed by atoms with Gasteiger partial charge in [-0.1, -0.05) is 6.92 Å². The Hall–Kier alpha value is -0.340. The van der Waals surface area contributed by atoms with Gasteiger partial charge in [-0.05, 0) is 19.3 Å². The number of rotatable bonds is 4. The van der Waals surface area contributed by atoms with E-state index >= 15 is 0 Å². The summed E-state index contributed by atoms with van der Waals surface area (Å²) in [4.78, 5) is 0. The number of nitrogens with zero attached hydrogens (tertiary/aromatic N) is 1. The Morgan fingerprint density at radius 1 is 1.33 bits per heavy atom. The first-order valence-electron chi connectivity index (χ1n) is 5.99. The molecule has 1 atom stereocenters. The fraction of sp³-hybridized carbons (Fsp3) is 1.00. The van der Waals surface area contributed by atoms with Crippen molar-refractivity contribution < 1.29 is 21.6 Å². The summed E-state index contributed by atoms with van der Waals surface area (Å²) in [5.41, 5.74) is 5.39. The lowest BCUT2D eigenvalue weighted by Gasteiger charge is -2.34. The number of halogens is 3. The van der Waals surface area contributed by atoms with Crippen LogP contribution in [0, 0.1) is 5.92 Å². The van der Waals surface area contributed by atoms with Gasteiger partial charge in [-0.3, -0.25) is 0 Å². The molecule has 0 amide bonds. The van der Waals surface area contributed by atoms with Gasteiger partial charge in [-0.2, -0.15) is 13.2 Å². The fourth-order valence-electron chi connectivity index (χ4n) is 2.15. The van der Waals surface area contributed by atoms with E-state index in [2.05, 4.69) is 0 Å². The predicted octanol–water partition coefficient (Wildman–Crippen LogP) is 1.33. The molecule has 2 N–H and O–H groups in total. The number of hydrogen-bond acceptors (Lipinski definition) is 3. The van der Waals surface area contributed by atoms with E-state index in [1.165, 1.54) is 0 Å². The predicted molar refractivity (Wildman–Crippen MR) is 62.4 cm³/mol. The van der Waals surface area contributed by atoms with E-state index < -0.39 is 27.4 Å². The molecule has 0 bridgehead atoms. The van der Waals surface area contributed by atoms with Gasteiger partial charge in [0.25, 0.3) is 0 Å². The van der Waals surface area contributed by atoms with Gasteiger partial charge in [0.15, 0.2) is 0 Å². The average molecular weight is 288 g/mol. The van der Waals surface area contributed by atoms with Gasteiger partial charge >= 0.3 is 6.18 Å². The molecule has 1 heterocycles. The van der Waals surface area contributed by atoms with Gasteiger partial charge in [0.05, 0.1) is 11.2 Å². The second-order valence-electron chi connectivity index (χ2n) is 4.53. The van der Waals surface area contributed by atoms with Crippen molar-refractivity contribution in [2.75, 3.05) is 19.6 Å². The van der Waals surface area contributed by atoms with Crippen LogP contribution < -0.4 is 5.73 Å². The van der Waals surface area contributed by atoms with E-state index in [1.54, 1.807) is 6.92 Å². The molecule has 0 aromatic rings. The molecule has 0 radical (unpaired) electrons. The van der Waals surface area contributed by atoms with E-state index in [1.807, 2.05) is 0 Å². The first-order valence-corrected chi connectivity index (χ1v) is 7.49. The maximum atomic E-state index is 12.5. The van der Waals surface area contributed by atoms with Gasteiger partial charge < -0.3 is 5.73 Å². The Morgan fingerprint density at radius 3 is 2.17 bits per heavy atom. The maximum Gasteiger partial charge on any atom is 0.391 e. The van der Waals surface area contributed by atoms with E-state index in [-0.39, 0.29) is 32.5 Å². The summed E-state index contributed by atoms with van der Waals surface area (Å²) >= 11 is 0. The van der Waals surface area contributed by atoms with Crippen LogP contribution in [0.1, 0.15) is 26.2 Å². The van der Waals surface area contributed by atoms with Crippen molar-refractivity contribution in [3.05, 3.63) is 0 Å². The fourth-order valence-corrected chi connectivity index (χ4v) is 3.95. The van der Waals surface area contributed by atoms with Crippen molar-refractivity contribution in [1.82, 2.24) is 4.31 Å². The zero-order chi connectivity index (χ0) is 14.0. The second kappa shape index (κ2) is 5.75. The molecule has 0 saturated carbocycles. The molecule has 0 aromatic carbocycles. The zero-order valence-corrected chi connectivity index (χ0v) is 11.1. The van der Waals surface area contributed by atoms with E-state index in [0.29, 0.717) is 6.42 Å². The van der Waals surface area contributed by atoms with Crippen molar-refractivity contribution in [2.24, 2.45) is 11.7 Å². The van der Waals surface area contributed by atoms with Gasteiger partial charge in [0.1, 0.15) is 0 Å². The lowest BCUT2D eigenvalue weighted by Crippen LogP contribution is -2.47. The van der Waals surface area contributed by atoms with Crippen LogP contribution in [0.25, 0.3) is 0 Å². The number of piperidine rings is 1. The van der Waals surface area contributed by atoms with Crippen molar-refractivity contribution in [1.29, 1.82) is 0 Å². The molecular formula is C10H19F3N2O2S. The summed E-state index contributed by atoms with van der Waals surface area (Å²) in [6.45, 7) is 1.57. The Bertz CT molecular complexity index is 358. The Morgan fingerprint density at radius 2 is 1.83 bits per heavy atom. The molecule has 0 aromatic heterocycles. The summed E-state index contributed by atoms with van der Waals surface area (Å²) in [5.74, 6) is -1.39. The second-order valence-corrected chi connectivity index (χ2v) is 6.74. The highest BCUT2D eigenvalue weighted by Gasteiger charge is 2.43. The lowest BCUT2D eigenvalue weighted by molar-refractivity contribution is -0.182. The Balaban J connectivity index is 2.68. The molecular weight excluding hydrogens is 269 g/mol. The summed E-state index contributed by atoms with van der Waals surface area (Å²) in [5, 5.41) is -0.695. The first kappa shape index (κ1) is 15.7. The highest BCUT2D eigenvalue weighted by atomic mass is 32.2. The van der Waals surface area contributed by atoms with E-state index in [4.69, 9.17) is 5.73 Å². The normalized spacial score (nSPS) is 22.1. The number of sulfonamides is 1. The molecule has 8 heteroatoms. The van der Waals surface area contributed by atoms with Gasteiger partial charge in [-0.15, -0.1) is 0 Å². The number of nitrogens with two attached hydrogens (primary N) is 1. The molecule has 1 aliphatic rings. The third-order valence-electron chi connectivity index (χ3n) is 3.42. The third-order valence-corrected chi connectivity index (χ3v) is 5.87. The van der Waals surface area contributed by atoms with Crippen LogP contribution in [0.2, 0.25) is 0 Å². The van der Waals surface area contributed by atoms with E-state index in [9.17, 15) is 21.6 Å². The summed E-state index contributed by atoms with van der Waals surface area (Å²) in [7, 11) is -3.55. The molecule has 108 valence electrons. The summed E-state index contributed by atoms with van der Waals surface area (Å²) in [6.07, 6.45) is -4.18. The zero-order valence-electron chi connectivity index (χ0n) is 10.3. The van der Waals surface area contributed by atoms with E-state index in [0.717, 1.165) is 4.31 Å². The molecule has 4 nitrogen and oxygen atoms in total. The molecule has 18 heavy (non-hydrogen) atoms. The number of alkyl halides is 3. The molecule has 1 saturated heterocycles. The van der Waals surface area contributed by atoms with Gasteiger partial charge in [0, 0.05) is 19.6 Å². The van der Waals surface area contributed by atoms with Crippen LogP contribution >= 0.6 is 0 Å². The monoisotopic (exact) mass is 288 g/mol. The van der Waals surface area contributed by atoms with Crippen molar-refractivity contribution in [3.63, 3.8) is 0 Å². The average Bonchev–Trinajstić information content (AvgIpc) is 2.29. The largest absolute Gasteiger partial charge is 0.391 e. The first-order chi connectivity index (χ1) is 8.23. The van der Waals surface area contributed by atoms with Gasteiger partial charge in [-0.25, -0.2) is 12.7 Å². The standard InChI is InChI=1S/C10H19F3N2O2S/c1-2-9(7-14)18(16,17)15-5-3-8(4-6-15)10(11,12)13/h8-9H,2-7,14H2,1H3. The van der Waals surface area contributed by atoms with Crippen LogP contribution in [0.15, 0.2) is 0 Å². The highest BCUT2D eigenvalue weighted by Crippen LogP contribution is 2.35. The van der Waals surface area contributed by atoms with Gasteiger partial charge in [0.2, 0.25) is 10.0 Å². The SMILES string of the molecule is CCC(CN)S(=O)(=O)N1CCC(C(F)(F)F)CC1. The quantitative estimate of drug-likeness (QED) is 0.849. The molecule has 1 rings (SSSR count). The topological polar surface area (TPSA) is 63.4 Å². The Kier molecular flexibility index (Phi) is 5.02. The molecule has 1 unspecified atom stereocenters. The molecule has 0 spiro atoms.